The zero-order valence-corrected chi connectivity index (χ0v) is 11.2. The van der Waals surface area contributed by atoms with Gasteiger partial charge >= 0.3 is 6.18 Å². The molecule has 1 aromatic rings. The van der Waals surface area contributed by atoms with E-state index in [4.69, 9.17) is 11.5 Å². The molecule has 4 nitrogen and oxygen atoms in total. The fraction of sp³-hybridized carbons (Fsp3) is 0.462. The summed E-state index contributed by atoms with van der Waals surface area (Å²) in [7, 11) is 0. The Morgan fingerprint density at radius 2 is 2.00 bits per heavy atom. The van der Waals surface area contributed by atoms with E-state index in [0.29, 0.717) is 12.2 Å². The fourth-order valence-electron chi connectivity index (χ4n) is 1.82. The maximum absolute atomic E-state index is 12.8. The Labute approximate surface area is 115 Å². The third-order valence-electron chi connectivity index (χ3n) is 2.84. The number of halogens is 3. The molecule has 20 heavy (non-hydrogen) atoms. The molecule has 0 saturated carbocycles. The van der Waals surface area contributed by atoms with Crippen LogP contribution in [0.4, 0.5) is 24.5 Å². The van der Waals surface area contributed by atoms with Gasteiger partial charge in [-0.1, -0.05) is 13.3 Å². The molecule has 0 aliphatic rings. The fourth-order valence-corrected chi connectivity index (χ4v) is 1.82. The Morgan fingerprint density at radius 3 is 2.50 bits per heavy atom. The first-order valence-corrected chi connectivity index (χ1v) is 6.25. The zero-order chi connectivity index (χ0) is 15.3. The lowest BCUT2D eigenvalue weighted by atomic mass is 10.1. The average molecular weight is 289 g/mol. The molecule has 0 spiro atoms. The molecular weight excluding hydrogens is 271 g/mol. The maximum Gasteiger partial charge on any atom is 0.418 e. The molecule has 112 valence electrons. The second-order valence-corrected chi connectivity index (χ2v) is 4.51. The van der Waals surface area contributed by atoms with Gasteiger partial charge in [-0.15, -0.1) is 0 Å². The van der Waals surface area contributed by atoms with E-state index in [1.807, 2.05) is 6.92 Å². The highest BCUT2D eigenvalue weighted by molar-refractivity contribution is 5.79. The van der Waals surface area contributed by atoms with Crippen LogP contribution in [-0.4, -0.2) is 19.0 Å². The highest BCUT2D eigenvalue weighted by Gasteiger charge is 2.33. The van der Waals surface area contributed by atoms with Crippen LogP contribution in [0.2, 0.25) is 0 Å². The molecule has 4 N–H and O–H groups in total. The van der Waals surface area contributed by atoms with Crippen molar-refractivity contribution in [3.05, 3.63) is 23.8 Å². The number of carbonyl (C=O) groups excluding carboxylic acids is 1. The number of nitrogens with two attached hydrogens (primary N) is 2. The number of nitrogens with zero attached hydrogens (tertiary/aromatic N) is 1. The van der Waals surface area contributed by atoms with Gasteiger partial charge in [0.25, 0.3) is 0 Å². The van der Waals surface area contributed by atoms with E-state index in [1.165, 1.54) is 17.0 Å². The third-order valence-corrected chi connectivity index (χ3v) is 2.84. The van der Waals surface area contributed by atoms with Crippen molar-refractivity contribution in [3.8, 4) is 0 Å². The van der Waals surface area contributed by atoms with Gasteiger partial charge in [0.15, 0.2) is 0 Å². The summed E-state index contributed by atoms with van der Waals surface area (Å²) in [6.07, 6.45) is -2.92. The van der Waals surface area contributed by atoms with Crippen LogP contribution in [0.5, 0.6) is 0 Å². The molecule has 0 aromatic heterocycles. The second kappa shape index (κ2) is 6.49. The van der Waals surface area contributed by atoms with Gasteiger partial charge in [-0.3, -0.25) is 4.79 Å². The number of hydrogen-bond donors (Lipinski definition) is 2. The van der Waals surface area contributed by atoms with Gasteiger partial charge in [-0.05, 0) is 24.6 Å². The Kier molecular flexibility index (Phi) is 5.24. The Hall–Kier alpha value is -1.92. The Morgan fingerprint density at radius 1 is 1.35 bits per heavy atom. The number of anilines is 2. The van der Waals surface area contributed by atoms with Crippen LogP contribution in [0.1, 0.15) is 25.3 Å². The topological polar surface area (TPSA) is 72.3 Å². The highest BCUT2D eigenvalue weighted by atomic mass is 19.4. The standard InChI is InChI=1S/C13H18F3N3O/c1-2-3-6-19(8-12(18)20)9-4-5-11(17)10(7-9)13(14,15)16/h4-5,7H,2-3,6,8,17H2,1H3,(H2,18,20). The number of nitrogen functional groups attached to an aromatic ring is 1. The van der Waals surface area contributed by atoms with E-state index in [1.54, 1.807) is 0 Å². The number of alkyl halides is 3. The van der Waals surface area contributed by atoms with E-state index < -0.39 is 17.6 Å². The van der Waals surface area contributed by atoms with E-state index in [-0.39, 0.29) is 12.2 Å². The number of carbonyl (C=O) groups is 1. The summed E-state index contributed by atoms with van der Waals surface area (Å²) in [5.74, 6) is -0.591. The number of unbranched alkanes of at least 4 members (excludes halogenated alkanes) is 1. The highest BCUT2D eigenvalue weighted by Crippen LogP contribution is 2.35. The van der Waals surface area contributed by atoms with Gasteiger partial charge in [0, 0.05) is 17.9 Å². The minimum atomic E-state index is -4.52. The van der Waals surface area contributed by atoms with Gasteiger partial charge < -0.3 is 16.4 Å². The third kappa shape index (κ3) is 4.32. The molecule has 0 aliphatic heterocycles. The van der Waals surface area contributed by atoms with E-state index >= 15 is 0 Å². The van der Waals surface area contributed by atoms with Crippen molar-refractivity contribution in [1.82, 2.24) is 0 Å². The summed E-state index contributed by atoms with van der Waals surface area (Å²) in [5.41, 5.74) is 9.53. The molecular formula is C13H18F3N3O. The minimum absolute atomic E-state index is 0.124. The SMILES string of the molecule is CCCCN(CC(N)=O)c1ccc(N)c(C(F)(F)F)c1. The summed E-state index contributed by atoms with van der Waals surface area (Å²) in [6, 6.07) is 3.61. The summed E-state index contributed by atoms with van der Waals surface area (Å²) >= 11 is 0. The Balaban J connectivity index is 3.10. The molecule has 0 atom stereocenters. The first-order valence-electron chi connectivity index (χ1n) is 6.25. The lowest BCUT2D eigenvalue weighted by Crippen LogP contribution is -2.34. The van der Waals surface area contributed by atoms with Crippen molar-refractivity contribution in [2.45, 2.75) is 25.9 Å². The number of primary amides is 1. The van der Waals surface area contributed by atoms with E-state index in [0.717, 1.165) is 18.9 Å². The maximum atomic E-state index is 12.8. The molecule has 0 fully saturated rings. The normalized spacial score (nSPS) is 11.4. The summed E-state index contributed by atoms with van der Waals surface area (Å²) < 4.78 is 38.4. The summed E-state index contributed by atoms with van der Waals surface area (Å²) in [4.78, 5) is 12.6. The van der Waals surface area contributed by atoms with Crippen molar-refractivity contribution >= 4 is 17.3 Å². The lowest BCUT2D eigenvalue weighted by Gasteiger charge is -2.24. The van der Waals surface area contributed by atoms with Crippen LogP contribution in [0, 0.1) is 0 Å². The molecule has 0 radical (unpaired) electrons. The summed E-state index contributed by atoms with van der Waals surface area (Å²) in [5, 5.41) is 0. The monoisotopic (exact) mass is 289 g/mol. The number of rotatable bonds is 6. The van der Waals surface area contributed by atoms with Crippen molar-refractivity contribution in [1.29, 1.82) is 0 Å². The van der Waals surface area contributed by atoms with Gasteiger partial charge in [-0.25, -0.2) is 0 Å². The number of benzene rings is 1. The molecule has 0 saturated heterocycles. The summed E-state index contributed by atoms with van der Waals surface area (Å²) in [6.45, 7) is 2.29. The molecule has 1 aromatic carbocycles. The lowest BCUT2D eigenvalue weighted by molar-refractivity contribution is -0.136. The molecule has 7 heteroatoms. The van der Waals surface area contributed by atoms with Gasteiger partial charge in [0.1, 0.15) is 0 Å². The van der Waals surface area contributed by atoms with E-state index in [2.05, 4.69) is 0 Å². The predicted molar refractivity (Wildman–Crippen MR) is 72.2 cm³/mol. The number of amides is 1. The largest absolute Gasteiger partial charge is 0.418 e. The van der Waals surface area contributed by atoms with Crippen molar-refractivity contribution in [2.75, 3.05) is 23.7 Å². The van der Waals surface area contributed by atoms with Crippen LogP contribution >= 0.6 is 0 Å². The first kappa shape index (κ1) is 16.1. The molecule has 1 rings (SSSR count). The minimum Gasteiger partial charge on any atom is -0.398 e. The Bertz CT molecular complexity index is 474. The van der Waals surface area contributed by atoms with Crippen LogP contribution < -0.4 is 16.4 Å². The van der Waals surface area contributed by atoms with Crippen LogP contribution in [0.15, 0.2) is 18.2 Å². The zero-order valence-electron chi connectivity index (χ0n) is 11.2. The average Bonchev–Trinajstić information content (AvgIpc) is 2.33. The molecule has 0 aliphatic carbocycles. The van der Waals surface area contributed by atoms with E-state index in [9.17, 15) is 18.0 Å². The second-order valence-electron chi connectivity index (χ2n) is 4.51. The van der Waals surface area contributed by atoms with Crippen LogP contribution in [0.3, 0.4) is 0 Å². The van der Waals surface area contributed by atoms with Crippen LogP contribution in [-0.2, 0) is 11.0 Å². The van der Waals surface area contributed by atoms with Crippen molar-refractivity contribution < 1.29 is 18.0 Å². The molecule has 0 heterocycles. The van der Waals surface area contributed by atoms with Crippen molar-refractivity contribution in [2.24, 2.45) is 5.73 Å². The van der Waals surface area contributed by atoms with Gasteiger partial charge in [-0.2, -0.15) is 13.2 Å². The predicted octanol–water partition coefficient (Wildman–Crippen LogP) is 2.38. The molecule has 1 amide bonds. The quantitative estimate of drug-likeness (QED) is 0.790. The first-order chi connectivity index (χ1) is 9.25. The molecule has 0 bridgehead atoms. The smallest absolute Gasteiger partial charge is 0.398 e. The van der Waals surface area contributed by atoms with Crippen LogP contribution in [0.25, 0.3) is 0 Å². The van der Waals surface area contributed by atoms with Gasteiger partial charge in [0.2, 0.25) is 5.91 Å². The van der Waals surface area contributed by atoms with Crippen molar-refractivity contribution in [3.63, 3.8) is 0 Å². The van der Waals surface area contributed by atoms with Gasteiger partial charge in [0.05, 0.1) is 12.1 Å². The number of hydrogen-bond acceptors (Lipinski definition) is 3. The molecule has 0 unspecified atom stereocenters.